The fraction of sp³-hybridized carbons (Fsp3) is 0.647. The van der Waals surface area contributed by atoms with Gasteiger partial charge in [-0.3, -0.25) is 4.90 Å². The number of rotatable bonds is 7. The molecule has 20 heavy (non-hydrogen) atoms. The number of nitrogens with one attached hydrogen (secondary N) is 1. The molecule has 1 saturated heterocycles. The molecular weight excluding hydrogens is 248 g/mol. The Kier molecular flexibility index (Phi) is 6.51. The van der Waals surface area contributed by atoms with E-state index in [9.17, 15) is 0 Å². The van der Waals surface area contributed by atoms with Gasteiger partial charge in [0.15, 0.2) is 0 Å². The molecule has 0 aromatic heterocycles. The number of benzene rings is 1. The highest BCUT2D eigenvalue weighted by molar-refractivity contribution is 5.19. The van der Waals surface area contributed by atoms with Crippen LogP contribution in [0.15, 0.2) is 30.3 Å². The fourth-order valence-electron chi connectivity index (χ4n) is 3.15. The maximum absolute atomic E-state index is 5.45. The van der Waals surface area contributed by atoms with Crippen molar-refractivity contribution in [2.75, 3.05) is 40.4 Å². The van der Waals surface area contributed by atoms with Crippen LogP contribution < -0.4 is 5.32 Å². The summed E-state index contributed by atoms with van der Waals surface area (Å²) in [5, 5.41) is 3.26. The highest BCUT2D eigenvalue weighted by Gasteiger charge is 2.25. The van der Waals surface area contributed by atoms with Crippen LogP contribution in [0, 0.1) is 5.92 Å². The zero-order valence-corrected chi connectivity index (χ0v) is 12.8. The topological polar surface area (TPSA) is 24.5 Å². The molecule has 0 radical (unpaired) electrons. The van der Waals surface area contributed by atoms with E-state index in [2.05, 4.69) is 40.5 Å². The molecule has 3 nitrogen and oxygen atoms in total. The molecule has 1 fully saturated rings. The minimum Gasteiger partial charge on any atom is -0.383 e. The third-order valence-corrected chi connectivity index (χ3v) is 4.40. The molecule has 1 atom stereocenters. The Bertz CT molecular complexity index is 361. The molecule has 0 aliphatic carbocycles. The molecule has 112 valence electrons. The number of hydrogen-bond donors (Lipinski definition) is 1. The van der Waals surface area contributed by atoms with Gasteiger partial charge < -0.3 is 10.1 Å². The van der Waals surface area contributed by atoms with Gasteiger partial charge in [-0.2, -0.15) is 0 Å². The van der Waals surface area contributed by atoms with E-state index in [0.29, 0.717) is 6.04 Å². The summed E-state index contributed by atoms with van der Waals surface area (Å²) in [6, 6.07) is 11.2. The highest BCUT2D eigenvalue weighted by atomic mass is 16.5. The summed E-state index contributed by atoms with van der Waals surface area (Å²) in [5.74, 6) is 0.887. The van der Waals surface area contributed by atoms with Gasteiger partial charge in [0, 0.05) is 7.11 Å². The lowest BCUT2D eigenvalue weighted by Gasteiger charge is -2.37. The summed E-state index contributed by atoms with van der Waals surface area (Å²) < 4.78 is 5.45. The van der Waals surface area contributed by atoms with E-state index in [1.54, 1.807) is 7.11 Å². The molecule has 1 heterocycles. The van der Waals surface area contributed by atoms with Gasteiger partial charge in [0.2, 0.25) is 0 Å². The van der Waals surface area contributed by atoms with E-state index >= 15 is 0 Å². The van der Waals surface area contributed by atoms with Crippen LogP contribution in [-0.4, -0.2) is 45.3 Å². The third kappa shape index (κ3) is 4.30. The lowest BCUT2D eigenvalue weighted by atomic mass is 9.92. The van der Waals surface area contributed by atoms with E-state index in [0.717, 1.165) is 19.1 Å². The Hall–Kier alpha value is -0.900. The first-order valence-corrected chi connectivity index (χ1v) is 7.77. The van der Waals surface area contributed by atoms with Gasteiger partial charge in [-0.15, -0.1) is 0 Å². The summed E-state index contributed by atoms with van der Waals surface area (Å²) >= 11 is 0. The van der Waals surface area contributed by atoms with Crippen LogP contribution in [0.25, 0.3) is 0 Å². The minimum atomic E-state index is 0.409. The Morgan fingerprint density at radius 3 is 2.55 bits per heavy atom. The first kappa shape index (κ1) is 15.5. The first-order chi connectivity index (χ1) is 9.85. The summed E-state index contributed by atoms with van der Waals surface area (Å²) in [4.78, 5) is 2.59. The van der Waals surface area contributed by atoms with Crippen molar-refractivity contribution in [1.29, 1.82) is 0 Å². The summed E-state index contributed by atoms with van der Waals surface area (Å²) in [5.41, 5.74) is 1.38. The molecule has 0 amide bonds. The van der Waals surface area contributed by atoms with Crippen molar-refractivity contribution in [3.05, 3.63) is 35.9 Å². The van der Waals surface area contributed by atoms with Gasteiger partial charge in [0.05, 0.1) is 12.6 Å². The second-order valence-corrected chi connectivity index (χ2v) is 5.75. The van der Waals surface area contributed by atoms with Crippen molar-refractivity contribution in [1.82, 2.24) is 10.2 Å². The molecule has 1 aliphatic heterocycles. The van der Waals surface area contributed by atoms with Gasteiger partial charge in [-0.25, -0.2) is 0 Å². The van der Waals surface area contributed by atoms with Crippen molar-refractivity contribution in [2.24, 2.45) is 5.92 Å². The maximum atomic E-state index is 5.45. The number of nitrogens with zero attached hydrogens (tertiary/aromatic N) is 1. The predicted octanol–water partition coefficient (Wildman–Crippen LogP) is 2.70. The van der Waals surface area contributed by atoms with Crippen LogP contribution in [0.4, 0.5) is 0 Å². The predicted molar refractivity (Wildman–Crippen MR) is 83.9 cm³/mol. The van der Waals surface area contributed by atoms with Gasteiger partial charge in [0.1, 0.15) is 0 Å². The zero-order chi connectivity index (χ0) is 14.2. The van der Waals surface area contributed by atoms with Crippen LogP contribution in [0.1, 0.15) is 30.9 Å². The molecular formula is C17H28N2O. The van der Waals surface area contributed by atoms with Crippen molar-refractivity contribution in [3.63, 3.8) is 0 Å². The first-order valence-electron chi connectivity index (χ1n) is 7.77. The molecule has 2 rings (SSSR count). The minimum absolute atomic E-state index is 0.409. The third-order valence-electron chi connectivity index (χ3n) is 4.40. The van der Waals surface area contributed by atoms with Gasteiger partial charge in [0.25, 0.3) is 0 Å². The second kappa shape index (κ2) is 8.40. The van der Waals surface area contributed by atoms with Gasteiger partial charge in [-0.05, 0) is 57.4 Å². The summed E-state index contributed by atoms with van der Waals surface area (Å²) in [7, 11) is 3.84. The van der Waals surface area contributed by atoms with Gasteiger partial charge >= 0.3 is 0 Å². The molecule has 1 N–H and O–H groups in total. The Balaban J connectivity index is 1.92. The normalized spacial score (nSPS) is 19.1. The number of piperidine rings is 1. The molecule has 3 heteroatoms. The van der Waals surface area contributed by atoms with E-state index in [4.69, 9.17) is 4.74 Å². The molecule has 1 aromatic rings. The van der Waals surface area contributed by atoms with Crippen molar-refractivity contribution in [2.45, 2.75) is 25.3 Å². The second-order valence-electron chi connectivity index (χ2n) is 5.75. The Morgan fingerprint density at radius 1 is 1.25 bits per heavy atom. The Labute approximate surface area is 123 Å². The van der Waals surface area contributed by atoms with E-state index in [1.807, 2.05) is 7.05 Å². The van der Waals surface area contributed by atoms with Gasteiger partial charge in [-0.1, -0.05) is 30.3 Å². The van der Waals surface area contributed by atoms with Crippen LogP contribution in [0.3, 0.4) is 0 Å². The molecule has 0 saturated carbocycles. The molecule has 0 spiro atoms. The standard InChI is InChI=1S/C17H28N2O/c1-18-11-8-15-9-12-19(13-10-15)17(14-20-2)16-6-4-3-5-7-16/h3-7,15,17-18H,8-14H2,1-2H3. The largest absolute Gasteiger partial charge is 0.383 e. The lowest BCUT2D eigenvalue weighted by Crippen LogP contribution is -2.39. The number of methoxy groups -OCH3 is 1. The average Bonchev–Trinajstić information content (AvgIpc) is 2.52. The molecule has 1 aliphatic rings. The summed E-state index contributed by atoms with van der Waals surface area (Å²) in [6.45, 7) is 4.31. The SMILES string of the molecule is CNCCC1CCN(C(COC)c2ccccc2)CC1. The molecule has 0 bridgehead atoms. The number of ether oxygens (including phenoxy) is 1. The molecule has 1 aromatic carbocycles. The Morgan fingerprint density at radius 2 is 1.95 bits per heavy atom. The monoisotopic (exact) mass is 276 g/mol. The number of likely N-dealkylation sites (tertiary alicyclic amines) is 1. The average molecular weight is 276 g/mol. The fourth-order valence-corrected chi connectivity index (χ4v) is 3.15. The maximum Gasteiger partial charge on any atom is 0.0659 e. The zero-order valence-electron chi connectivity index (χ0n) is 12.8. The van der Waals surface area contributed by atoms with E-state index in [1.165, 1.54) is 37.9 Å². The quantitative estimate of drug-likeness (QED) is 0.828. The molecule has 1 unspecified atom stereocenters. The van der Waals surface area contributed by atoms with Crippen molar-refractivity contribution < 1.29 is 4.74 Å². The van der Waals surface area contributed by atoms with Crippen molar-refractivity contribution >= 4 is 0 Å². The highest BCUT2D eigenvalue weighted by Crippen LogP contribution is 2.28. The number of hydrogen-bond acceptors (Lipinski definition) is 3. The van der Waals surface area contributed by atoms with E-state index in [-0.39, 0.29) is 0 Å². The van der Waals surface area contributed by atoms with E-state index < -0.39 is 0 Å². The lowest BCUT2D eigenvalue weighted by molar-refractivity contribution is 0.0631. The summed E-state index contributed by atoms with van der Waals surface area (Å²) in [6.07, 6.45) is 3.94. The van der Waals surface area contributed by atoms with Crippen molar-refractivity contribution in [3.8, 4) is 0 Å². The van der Waals surface area contributed by atoms with Crippen LogP contribution in [-0.2, 0) is 4.74 Å². The van der Waals surface area contributed by atoms with Crippen LogP contribution >= 0.6 is 0 Å². The van der Waals surface area contributed by atoms with Crippen LogP contribution in [0.2, 0.25) is 0 Å². The smallest absolute Gasteiger partial charge is 0.0659 e. The van der Waals surface area contributed by atoms with Crippen LogP contribution in [0.5, 0.6) is 0 Å².